The van der Waals surface area contributed by atoms with Crippen LogP contribution in [-0.2, 0) is 10.0 Å². The van der Waals surface area contributed by atoms with E-state index in [0.29, 0.717) is 6.54 Å². The predicted octanol–water partition coefficient (Wildman–Crippen LogP) is 0.589. The molecule has 0 aliphatic carbocycles. The van der Waals surface area contributed by atoms with Crippen molar-refractivity contribution in [3.05, 3.63) is 24.7 Å². The summed E-state index contributed by atoms with van der Waals surface area (Å²) in [4.78, 5) is 6.60. The Bertz CT molecular complexity index is 742. The highest BCUT2D eigenvalue weighted by Gasteiger charge is 2.29. The number of hydrogen-bond acceptors (Lipinski definition) is 5. The lowest BCUT2D eigenvalue weighted by Gasteiger charge is -2.37. The van der Waals surface area contributed by atoms with E-state index < -0.39 is 10.0 Å². The lowest BCUT2D eigenvalue weighted by molar-refractivity contribution is 0.321. The zero-order valence-corrected chi connectivity index (χ0v) is 13.0. The maximum absolute atomic E-state index is 11.7. The Labute approximate surface area is 124 Å². The average Bonchev–Trinajstić information content (AvgIpc) is 2.94. The van der Waals surface area contributed by atoms with Crippen LogP contribution in [-0.4, -0.2) is 59.8 Å². The van der Waals surface area contributed by atoms with Gasteiger partial charge >= 0.3 is 0 Å². The van der Waals surface area contributed by atoms with Crippen LogP contribution in [0.25, 0.3) is 5.52 Å². The van der Waals surface area contributed by atoms with Crippen LogP contribution in [0.1, 0.15) is 12.8 Å². The second kappa shape index (κ2) is 5.27. The van der Waals surface area contributed by atoms with Crippen LogP contribution < -0.4 is 4.90 Å². The summed E-state index contributed by atoms with van der Waals surface area (Å²) in [5.74, 6) is 0.863. The molecule has 1 atom stereocenters. The molecular weight excluding hydrogens is 290 g/mol. The van der Waals surface area contributed by atoms with Crippen LogP contribution in [0.2, 0.25) is 0 Å². The molecule has 2 aromatic rings. The fourth-order valence-corrected chi connectivity index (χ4v) is 3.52. The molecule has 0 bridgehead atoms. The van der Waals surface area contributed by atoms with Crippen LogP contribution in [0.4, 0.5) is 5.82 Å². The molecular formula is C13H19N5O2S. The summed E-state index contributed by atoms with van der Waals surface area (Å²) in [6.45, 7) is 1.54. The van der Waals surface area contributed by atoms with Crippen molar-refractivity contribution < 1.29 is 8.42 Å². The van der Waals surface area contributed by atoms with Gasteiger partial charge in [-0.05, 0) is 18.9 Å². The van der Waals surface area contributed by atoms with Crippen molar-refractivity contribution in [3.63, 3.8) is 0 Å². The predicted molar refractivity (Wildman–Crippen MR) is 80.8 cm³/mol. The van der Waals surface area contributed by atoms with Crippen LogP contribution in [0.3, 0.4) is 0 Å². The lowest BCUT2D eigenvalue weighted by atomic mass is 10.1. The Balaban J connectivity index is 1.88. The molecule has 0 amide bonds. The third-order valence-electron chi connectivity index (χ3n) is 4.04. The van der Waals surface area contributed by atoms with E-state index in [0.717, 1.165) is 30.7 Å². The van der Waals surface area contributed by atoms with Crippen molar-refractivity contribution in [1.82, 2.24) is 18.9 Å². The molecule has 1 unspecified atom stereocenters. The SMILES string of the molecule is CN(C1CCCN(c2nccn3nccc23)C1)S(C)(=O)=O. The van der Waals surface area contributed by atoms with Crippen molar-refractivity contribution in [2.75, 3.05) is 31.3 Å². The highest BCUT2D eigenvalue weighted by molar-refractivity contribution is 7.88. The summed E-state index contributed by atoms with van der Waals surface area (Å²) in [7, 11) is -1.52. The van der Waals surface area contributed by atoms with E-state index in [1.165, 1.54) is 10.6 Å². The lowest BCUT2D eigenvalue weighted by Crippen LogP contribution is -2.48. The van der Waals surface area contributed by atoms with Crippen molar-refractivity contribution in [2.24, 2.45) is 0 Å². The van der Waals surface area contributed by atoms with Gasteiger partial charge < -0.3 is 4.90 Å². The second-order valence-electron chi connectivity index (χ2n) is 5.43. The van der Waals surface area contributed by atoms with E-state index in [1.807, 2.05) is 12.3 Å². The minimum atomic E-state index is -3.17. The summed E-state index contributed by atoms with van der Waals surface area (Å²) >= 11 is 0. The Morgan fingerprint density at radius 3 is 2.95 bits per heavy atom. The first-order chi connectivity index (χ1) is 9.97. The van der Waals surface area contributed by atoms with Gasteiger partial charge in [-0.15, -0.1) is 0 Å². The molecule has 21 heavy (non-hydrogen) atoms. The van der Waals surface area contributed by atoms with E-state index in [-0.39, 0.29) is 6.04 Å². The molecule has 1 fully saturated rings. The first-order valence-electron chi connectivity index (χ1n) is 6.93. The van der Waals surface area contributed by atoms with Gasteiger partial charge in [-0.1, -0.05) is 0 Å². The molecule has 2 aromatic heterocycles. The van der Waals surface area contributed by atoms with Gasteiger partial charge in [0.15, 0.2) is 5.82 Å². The number of fused-ring (bicyclic) bond motifs is 1. The largest absolute Gasteiger partial charge is 0.353 e. The van der Waals surface area contributed by atoms with Crippen molar-refractivity contribution in [1.29, 1.82) is 0 Å². The van der Waals surface area contributed by atoms with Gasteiger partial charge in [0, 0.05) is 38.6 Å². The highest BCUT2D eigenvalue weighted by Crippen LogP contribution is 2.24. The molecule has 3 rings (SSSR count). The number of aromatic nitrogens is 3. The molecule has 0 saturated carbocycles. The van der Waals surface area contributed by atoms with Gasteiger partial charge in [0.2, 0.25) is 10.0 Å². The van der Waals surface area contributed by atoms with Crippen molar-refractivity contribution >= 4 is 21.4 Å². The number of rotatable bonds is 3. The zero-order valence-electron chi connectivity index (χ0n) is 12.2. The number of likely N-dealkylation sites (N-methyl/N-ethyl adjacent to an activating group) is 1. The van der Waals surface area contributed by atoms with E-state index in [1.54, 1.807) is 24.0 Å². The average molecular weight is 309 g/mol. The molecule has 7 nitrogen and oxygen atoms in total. The van der Waals surface area contributed by atoms with Gasteiger partial charge in [-0.2, -0.15) is 5.10 Å². The standard InChI is InChI=1S/C13H19N5O2S/c1-16(21(2,19)20)11-4-3-8-17(10-11)13-12-5-6-15-18(12)9-7-14-13/h5-7,9,11H,3-4,8,10H2,1-2H3. The van der Waals surface area contributed by atoms with Crippen LogP contribution >= 0.6 is 0 Å². The summed E-state index contributed by atoms with van der Waals surface area (Å²) in [6.07, 6.45) is 8.35. The third kappa shape index (κ3) is 2.73. The number of piperidine rings is 1. The van der Waals surface area contributed by atoms with Gasteiger partial charge in [0.1, 0.15) is 5.52 Å². The van der Waals surface area contributed by atoms with Gasteiger partial charge in [-0.3, -0.25) is 0 Å². The first kappa shape index (κ1) is 14.3. The van der Waals surface area contributed by atoms with E-state index in [4.69, 9.17) is 0 Å². The third-order valence-corrected chi connectivity index (χ3v) is 5.38. The Morgan fingerprint density at radius 2 is 2.19 bits per heavy atom. The van der Waals surface area contributed by atoms with E-state index in [9.17, 15) is 8.42 Å². The normalized spacial score (nSPS) is 20.3. The Hall–Kier alpha value is -1.67. The number of nitrogens with zero attached hydrogens (tertiary/aromatic N) is 5. The molecule has 0 N–H and O–H groups in total. The number of anilines is 1. The van der Waals surface area contributed by atoms with Gasteiger partial charge in [0.05, 0.1) is 12.5 Å². The fourth-order valence-electron chi connectivity index (χ4n) is 2.80. The summed E-state index contributed by atoms with van der Waals surface area (Å²) in [5.41, 5.74) is 0.945. The van der Waals surface area contributed by atoms with Crippen LogP contribution in [0.15, 0.2) is 24.7 Å². The molecule has 3 heterocycles. The number of sulfonamides is 1. The molecule has 0 aromatic carbocycles. The summed E-state index contributed by atoms with van der Waals surface area (Å²) in [5, 5.41) is 4.21. The molecule has 1 aliphatic heterocycles. The summed E-state index contributed by atoms with van der Waals surface area (Å²) < 4.78 is 26.7. The van der Waals surface area contributed by atoms with E-state index >= 15 is 0 Å². The molecule has 1 saturated heterocycles. The Kier molecular flexibility index (Phi) is 3.58. The molecule has 114 valence electrons. The zero-order chi connectivity index (χ0) is 15.0. The first-order valence-corrected chi connectivity index (χ1v) is 8.78. The Morgan fingerprint density at radius 1 is 1.38 bits per heavy atom. The van der Waals surface area contributed by atoms with Crippen LogP contribution in [0.5, 0.6) is 0 Å². The molecule has 1 aliphatic rings. The smallest absolute Gasteiger partial charge is 0.211 e. The maximum Gasteiger partial charge on any atom is 0.211 e. The van der Waals surface area contributed by atoms with Crippen molar-refractivity contribution in [2.45, 2.75) is 18.9 Å². The molecule has 0 radical (unpaired) electrons. The maximum atomic E-state index is 11.7. The number of hydrogen-bond donors (Lipinski definition) is 0. The van der Waals surface area contributed by atoms with Gasteiger partial charge in [0.25, 0.3) is 0 Å². The molecule has 8 heteroatoms. The van der Waals surface area contributed by atoms with Crippen molar-refractivity contribution in [3.8, 4) is 0 Å². The van der Waals surface area contributed by atoms with Gasteiger partial charge in [-0.25, -0.2) is 22.2 Å². The van der Waals surface area contributed by atoms with Crippen LogP contribution in [0, 0.1) is 0 Å². The summed E-state index contributed by atoms with van der Waals surface area (Å²) in [6, 6.07) is 1.91. The monoisotopic (exact) mass is 309 g/mol. The quantitative estimate of drug-likeness (QED) is 0.830. The minimum absolute atomic E-state index is 0.0151. The topological polar surface area (TPSA) is 70.8 Å². The fraction of sp³-hybridized carbons (Fsp3) is 0.538. The second-order valence-corrected chi connectivity index (χ2v) is 7.48. The minimum Gasteiger partial charge on any atom is -0.353 e. The highest BCUT2D eigenvalue weighted by atomic mass is 32.2. The molecule has 0 spiro atoms. The van der Waals surface area contributed by atoms with E-state index in [2.05, 4.69) is 15.0 Å².